The molecule has 1 aromatic carbocycles. The lowest BCUT2D eigenvalue weighted by atomic mass is 10.0. The van der Waals surface area contributed by atoms with Gasteiger partial charge in [-0.25, -0.2) is 4.79 Å². The summed E-state index contributed by atoms with van der Waals surface area (Å²) in [6.07, 6.45) is 3.16. The molecule has 1 saturated carbocycles. The van der Waals surface area contributed by atoms with E-state index in [1.165, 1.54) is 16.0 Å². The van der Waals surface area contributed by atoms with Crippen LogP contribution >= 0.6 is 0 Å². The van der Waals surface area contributed by atoms with Crippen LogP contribution in [0.15, 0.2) is 24.3 Å². The molecule has 25 heavy (non-hydrogen) atoms. The number of quaternary nitrogens is 1. The first-order valence-corrected chi connectivity index (χ1v) is 9.42. The molecule has 0 heterocycles. The van der Waals surface area contributed by atoms with Crippen molar-refractivity contribution in [3.05, 3.63) is 35.4 Å². The first kappa shape index (κ1) is 19.4. The molecular weight excluding hydrogens is 314 g/mol. The molecule has 1 aliphatic carbocycles. The van der Waals surface area contributed by atoms with Gasteiger partial charge in [-0.15, -0.1) is 0 Å². The second kappa shape index (κ2) is 8.99. The fourth-order valence-corrected chi connectivity index (χ4v) is 2.86. The monoisotopic (exact) mass is 346 g/mol. The Hall–Kier alpha value is -1.88. The SMILES string of the molecule is CC[C@@H](C)NC(=O)NC(=O)C[NH+](Cc1ccc(C(C)C)cc1)C1CC1. The van der Waals surface area contributed by atoms with Crippen LogP contribution in [-0.4, -0.2) is 30.6 Å². The second-order valence-electron chi connectivity index (χ2n) is 7.51. The van der Waals surface area contributed by atoms with Crippen LogP contribution in [0.5, 0.6) is 0 Å². The Kier molecular flexibility index (Phi) is 7.00. The Morgan fingerprint density at radius 1 is 1.16 bits per heavy atom. The van der Waals surface area contributed by atoms with E-state index in [0.717, 1.165) is 25.8 Å². The Labute approximate surface area is 151 Å². The topological polar surface area (TPSA) is 62.6 Å². The molecule has 3 amide bonds. The van der Waals surface area contributed by atoms with E-state index in [2.05, 4.69) is 48.7 Å². The van der Waals surface area contributed by atoms with E-state index in [4.69, 9.17) is 0 Å². The normalized spacial score (nSPS) is 16.4. The van der Waals surface area contributed by atoms with Gasteiger partial charge in [0.2, 0.25) is 0 Å². The Balaban J connectivity index is 1.88. The van der Waals surface area contributed by atoms with Crippen LogP contribution in [0.1, 0.15) is 64.0 Å². The molecule has 0 aromatic heterocycles. The molecule has 5 nitrogen and oxygen atoms in total. The average Bonchev–Trinajstić information content (AvgIpc) is 3.39. The molecule has 0 saturated heterocycles. The Morgan fingerprint density at radius 3 is 2.32 bits per heavy atom. The molecule has 1 aliphatic rings. The van der Waals surface area contributed by atoms with Gasteiger partial charge < -0.3 is 10.2 Å². The molecule has 0 bridgehead atoms. The van der Waals surface area contributed by atoms with E-state index in [-0.39, 0.29) is 11.9 Å². The molecule has 5 heteroatoms. The van der Waals surface area contributed by atoms with Crippen molar-refractivity contribution in [1.82, 2.24) is 10.6 Å². The maximum Gasteiger partial charge on any atom is 0.321 e. The fraction of sp³-hybridized carbons (Fsp3) is 0.600. The number of hydrogen-bond acceptors (Lipinski definition) is 2. The molecule has 3 N–H and O–H groups in total. The number of hydrogen-bond donors (Lipinski definition) is 3. The minimum atomic E-state index is -0.393. The number of carbonyl (C=O) groups excluding carboxylic acids is 2. The number of imide groups is 1. The van der Waals surface area contributed by atoms with Crippen molar-refractivity contribution in [3.8, 4) is 0 Å². The zero-order chi connectivity index (χ0) is 18.4. The van der Waals surface area contributed by atoms with Crippen LogP contribution in [0, 0.1) is 0 Å². The standard InChI is InChI=1S/C20H31N3O2/c1-5-15(4)21-20(25)22-19(24)13-23(18-10-11-18)12-16-6-8-17(9-7-16)14(2)3/h6-9,14-15,18H,5,10-13H2,1-4H3,(H2,21,22,24,25)/p+1/t15-/m1/s1. The van der Waals surface area contributed by atoms with Gasteiger partial charge in [0.05, 0.1) is 6.04 Å². The van der Waals surface area contributed by atoms with Crippen LogP contribution in [0.4, 0.5) is 4.79 Å². The summed E-state index contributed by atoms with van der Waals surface area (Å²) in [6.45, 7) is 9.45. The smallest absolute Gasteiger partial charge is 0.321 e. The first-order valence-electron chi connectivity index (χ1n) is 9.42. The van der Waals surface area contributed by atoms with Crippen molar-refractivity contribution in [2.24, 2.45) is 0 Å². The number of carbonyl (C=O) groups is 2. The molecule has 2 rings (SSSR count). The van der Waals surface area contributed by atoms with Crippen LogP contribution < -0.4 is 15.5 Å². The van der Waals surface area contributed by atoms with Gasteiger partial charge in [0.25, 0.3) is 5.91 Å². The van der Waals surface area contributed by atoms with Crippen molar-refractivity contribution in [2.75, 3.05) is 6.54 Å². The lowest BCUT2D eigenvalue weighted by Crippen LogP contribution is -3.13. The highest BCUT2D eigenvalue weighted by atomic mass is 16.2. The highest BCUT2D eigenvalue weighted by Crippen LogP contribution is 2.17. The molecule has 138 valence electrons. The lowest BCUT2D eigenvalue weighted by Gasteiger charge is -2.19. The number of urea groups is 1. The minimum absolute atomic E-state index is 0.0687. The number of amides is 3. The summed E-state index contributed by atoms with van der Waals surface area (Å²) < 4.78 is 0. The number of nitrogens with one attached hydrogen (secondary N) is 3. The summed E-state index contributed by atoms with van der Waals surface area (Å²) in [6, 6.07) is 8.87. The zero-order valence-electron chi connectivity index (χ0n) is 15.9. The van der Waals surface area contributed by atoms with E-state index < -0.39 is 6.03 Å². The van der Waals surface area contributed by atoms with Crippen LogP contribution in [0.25, 0.3) is 0 Å². The van der Waals surface area contributed by atoms with Gasteiger partial charge >= 0.3 is 6.03 Å². The molecule has 1 fully saturated rings. The summed E-state index contributed by atoms with van der Waals surface area (Å²) >= 11 is 0. The zero-order valence-corrected chi connectivity index (χ0v) is 15.9. The largest absolute Gasteiger partial charge is 0.335 e. The van der Waals surface area contributed by atoms with Crippen LogP contribution in [0.2, 0.25) is 0 Å². The molecule has 2 atom stereocenters. The molecule has 0 spiro atoms. The quantitative estimate of drug-likeness (QED) is 0.674. The average molecular weight is 346 g/mol. The third-order valence-corrected chi connectivity index (χ3v) is 4.86. The predicted octanol–water partition coefficient (Wildman–Crippen LogP) is 1.98. The van der Waals surface area contributed by atoms with Gasteiger partial charge in [0.15, 0.2) is 6.54 Å². The minimum Gasteiger partial charge on any atom is -0.335 e. The van der Waals surface area contributed by atoms with Crippen molar-refractivity contribution in [2.45, 2.75) is 71.5 Å². The van der Waals surface area contributed by atoms with E-state index in [1.807, 2.05) is 13.8 Å². The maximum absolute atomic E-state index is 12.2. The highest BCUT2D eigenvalue weighted by Gasteiger charge is 2.34. The summed E-state index contributed by atoms with van der Waals surface area (Å²) in [5, 5.41) is 5.22. The molecule has 0 aliphatic heterocycles. The first-order chi connectivity index (χ1) is 11.9. The van der Waals surface area contributed by atoms with Gasteiger partial charge in [0, 0.05) is 24.4 Å². The van der Waals surface area contributed by atoms with Gasteiger partial charge in [-0.05, 0) is 24.8 Å². The maximum atomic E-state index is 12.2. The lowest BCUT2D eigenvalue weighted by molar-refractivity contribution is -0.917. The summed E-state index contributed by atoms with van der Waals surface area (Å²) in [5.41, 5.74) is 2.57. The van der Waals surface area contributed by atoms with E-state index in [9.17, 15) is 9.59 Å². The van der Waals surface area contributed by atoms with Gasteiger partial charge in [0.1, 0.15) is 6.54 Å². The fourth-order valence-electron chi connectivity index (χ4n) is 2.86. The van der Waals surface area contributed by atoms with E-state index in [0.29, 0.717) is 18.5 Å². The van der Waals surface area contributed by atoms with Gasteiger partial charge in [-0.2, -0.15) is 0 Å². The van der Waals surface area contributed by atoms with Crippen LogP contribution in [-0.2, 0) is 11.3 Å². The summed E-state index contributed by atoms with van der Waals surface area (Å²) in [4.78, 5) is 25.2. The van der Waals surface area contributed by atoms with Crippen molar-refractivity contribution >= 4 is 11.9 Å². The molecular formula is C20H32N3O2+. The summed E-state index contributed by atoms with van der Waals surface area (Å²) in [7, 11) is 0. The molecule has 1 unspecified atom stereocenters. The van der Waals surface area contributed by atoms with Crippen molar-refractivity contribution in [3.63, 3.8) is 0 Å². The van der Waals surface area contributed by atoms with Crippen molar-refractivity contribution in [1.29, 1.82) is 0 Å². The van der Waals surface area contributed by atoms with Crippen LogP contribution in [0.3, 0.4) is 0 Å². The van der Waals surface area contributed by atoms with Gasteiger partial charge in [-0.3, -0.25) is 10.1 Å². The van der Waals surface area contributed by atoms with E-state index >= 15 is 0 Å². The number of rotatable bonds is 8. The van der Waals surface area contributed by atoms with Gasteiger partial charge in [-0.1, -0.05) is 45.0 Å². The number of benzene rings is 1. The molecule has 0 radical (unpaired) electrons. The highest BCUT2D eigenvalue weighted by molar-refractivity contribution is 5.94. The predicted molar refractivity (Wildman–Crippen MR) is 99.5 cm³/mol. The van der Waals surface area contributed by atoms with E-state index in [1.54, 1.807) is 0 Å². The third-order valence-electron chi connectivity index (χ3n) is 4.86. The third kappa shape index (κ3) is 6.50. The Bertz CT molecular complexity index is 579. The van der Waals surface area contributed by atoms with Crippen molar-refractivity contribution < 1.29 is 14.5 Å². The molecule has 1 aromatic rings. The Morgan fingerprint density at radius 2 is 1.80 bits per heavy atom. The second-order valence-corrected chi connectivity index (χ2v) is 7.51. The summed E-state index contributed by atoms with van der Waals surface area (Å²) in [5.74, 6) is 0.317.